The predicted octanol–water partition coefficient (Wildman–Crippen LogP) is 1.39. The first-order valence-corrected chi connectivity index (χ1v) is 14.0. The second-order valence-corrected chi connectivity index (χ2v) is 11.5. The minimum atomic E-state index is -1.43. The number of carbonyl (C=O) groups excluding carboxylic acids is 3. The van der Waals surface area contributed by atoms with E-state index in [1.54, 1.807) is 14.5 Å². The Morgan fingerprint density at radius 2 is 1.54 bits per heavy atom. The van der Waals surface area contributed by atoms with E-state index in [2.05, 4.69) is 42.0 Å². The Morgan fingerprint density at radius 3 is 2.21 bits per heavy atom. The lowest BCUT2D eigenvalue weighted by molar-refractivity contribution is -0.149. The van der Waals surface area contributed by atoms with Crippen molar-refractivity contribution in [2.24, 2.45) is 0 Å². The Labute approximate surface area is 230 Å². The van der Waals surface area contributed by atoms with Crippen LogP contribution >= 0.6 is 0 Å². The first kappa shape index (κ1) is 27.2. The Bertz CT molecular complexity index is 1260. The molecular formula is C29H40N6O4. The van der Waals surface area contributed by atoms with Gasteiger partial charge in [0.15, 0.2) is 5.69 Å². The molecule has 2 saturated heterocycles. The van der Waals surface area contributed by atoms with E-state index in [9.17, 15) is 19.5 Å². The molecular weight excluding hydrogens is 496 g/mol. The maximum atomic E-state index is 13.5. The van der Waals surface area contributed by atoms with E-state index in [-0.39, 0.29) is 24.3 Å². The fraction of sp³-hybridized carbons (Fsp3) is 0.586. The van der Waals surface area contributed by atoms with E-state index in [0.29, 0.717) is 45.0 Å². The van der Waals surface area contributed by atoms with Gasteiger partial charge in [0.2, 0.25) is 5.91 Å². The van der Waals surface area contributed by atoms with E-state index < -0.39 is 5.60 Å². The van der Waals surface area contributed by atoms with Gasteiger partial charge in [0, 0.05) is 69.3 Å². The van der Waals surface area contributed by atoms with Crippen molar-refractivity contribution >= 4 is 23.4 Å². The SMILES string of the molecule is Cc1cccc(N2CCN(C(=O)Cn3nc(C(=O)N4CCN(C(=O)C(C)(C)O)CC4)c4c3CCC4)CC2)c1C. The van der Waals surface area contributed by atoms with Crippen LogP contribution in [0.3, 0.4) is 0 Å². The Morgan fingerprint density at radius 1 is 0.897 bits per heavy atom. The van der Waals surface area contributed by atoms with Crippen molar-refractivity contribution in [2.45, 2.75) is 59.1 Å². The molecule has 0 atom stereocenters. The Balaban J connectivity index is 1.21. The number of anilines is 1. The minimum absolute atomic E-state index is 0.0329. The number of benzene rings is 1. The summed E-state index contributed by atoms with van der Waals surface area (Å²) in [6, 6.07) is 6.36. The van der Waals surface area contributed by atoms with Crippen molar-refractivity contribution in [3.05, 3.63) is 46.3 Å². The number of hydrogen-bond donors (Lipinski definition) is 1. The van der Waals surface area contributed by atoms with Crippen molar-refractivity contribution in [1.29, 1.82) is 0 Å². The summed E-state index contributed by atoms with van der Waals surface area (Å²) in [7, 11) is 0. The number of carbonyl (C=O) groups is 3. The Hall–Kier alpha value is -3.40. The predicted molar refractivity (Wildman–Crippen MR) is 148 cm³/mol. The maximum absolute atomic E-state index is 13.5. The number of aromatic nitrogens is 2. The normalized spacial score (nSPS) is 18.0. The summed E-state index contributed by atoms with van der Waals surface area (Å²) in [6.07, 6.45) is 2.55. The van der Waals surface area contributed by atoms with Gasteiger partial charge in [-0.1, -0.05) is 12.1 Å². The lowest BCUT2D eigenvalue weighted by atomic mass is 10.1. The van der Waals surface area contributed by atoms with Gasteiger partial charge in [0.05, 0.1) is 0 Å². The maximum Gasteiger partial charge on any atom is 0.274 e. The molecule has 1 aromatic carbocycles. The van der Waals surface area contributed by atoms with E-state index in [4.69, 9.17) is 0 Å². The number of aliphatic hydroxyl groups is 1. The third kappa shape index (κ3) is 5.39. The highest BCUT2D eigenvalue weighted by molar-refractivity contribution is 5.94. The van der Waals surface area contributed by atoms with Crippen LogP contribution in [0.1, 0.15) is 53.1 Å². The molecule has 1 aromatic heterocycles. The highest BCUT2D eigenvalue weighted by Crippen LogP contribution is 2.28. The van der Waals surface area contributed by atoms with Crippen LogP contribution in [0.4, 0.5) is 5.69 Å². The van der Waals surface area contributed by atoms with Gasteiger partial charge in [-0.2, -0.15) is 5.10 Å². The molecule has 5 rings (SSSR count). The molecule has 3 amide bonds. The number of rotatable bonds is 5. The van der Waals surface area contributed by atoms with Gasteiger partial charge in [-0.15, -0.1) is 0 Å². The van der Waals surface area contributed by atoms with Gasteiger partial charge in [0.1, 0.15) is 12.1 Å². The number of piperazine rings is 2. The van der Waals surface area contributed by atoms with Crippen LogP contribution in [0.25, 0.3) is 0 Å². The van der Waals surface area contributed by atoms with Crippen molar-refractivity contribution in [2.75, 3.05) is 57.3 Å². The van der Waals surface area contributed by atoms with Gasteiger partial charge in [-0.05, 0) is 64.2 Å². The zero-order chi connectivity index (χ0) is 27.9. The molecule has 210 valence electrons. The van der Waals surface area contributed by atoms with Crippen molar-refractivity contribution in [3.63, 3.8) is 0 Å². The molecule has 1 N–H and O–H groups in total. The molecule has 1 aliphatic carbocycles. The molecule has 0 saturated carbocycles. The van der Waals surface area contributed by atoms with Gasteiger partial charge >= 0.3 is 0 Å². The minimum Gasteiger partial charge on any atom is -0.381 e. The number of amides is 3. The quantitative estimate of drug-likeness (QED) is 0.620. The highest BCUT2D eigenvalue weighted by Gasteiger charge is 2.35. The molecule has 10 nitrogen and oxygen atoms in total. The zero-order valence-corrected chi connectivity index (χ0v) is 23.6. The topological polar surface area (TPSA) is 102 Å². The number of fused-ring (bicyclic) bond motifs is 1. The van der Waals surface area contributed by atoms with E-state index in [1.807, 2.05) is 4.90 Å². The molecule has 2 fully saturated rings. The summed E-state index contributed by atoms with van der Waals surface area (Å²) in [4.78, 5) is 46.7. The molecule has 10 heteroatoms. The van der Waals surface area contributed by atoms with Crippen molar-refractivity contribution < 1.29 is 19.5 Å². The molecule has 2 aliphatic heterocycles. The van der Waals surface area contributed by atoms with Gasteiger partial charge in [-0.3, -0.25) is 19.1 Å². The molecule has 0 unspecified atom stereocenters. The van der Waals surface area contributed by atoms with E-state index in [0.717, 1.165) is 43.6 Å². The van der Waals surface area contributed by atoms with Crippen molar-refractivity contribution in [1.82, 2.24) is 24.5 Å². The lowest BCUT2D eigenvalue weighted by Crippen LogP contribution is -2.55. The van der Waals surface area contributed by atoms with E-state index in [1.165, 1.54) is 30.7 Å². The molecule has 0 radical (unpaired) electrons. The zero-order valence-electron chi connectivity index (χ0n) is 23.6. The summed E-state index contributed by atoms with van der Waals surface area (Å²) < 4.78 is 1.75. The first-order valence-electron chi connectivity index (χ1n) is 14.0. The average molecular weight is 537 g/mol. The monoisotopic (exact) mass is 536 g/mol. The summed E-state index contributed by atoms with van der Waals surface area (Å²) in [5.41, 5.74) is 4.77. The van der Waals surface area contributed by atoms with Crippen LogP contribution < -0.4 is 4.90 Å². The van der Waals surface area contributed by atoms with Crippen LogP contribution in [0.15, 0.2) is 18.2 Å². The third-order valence-corrected chi connectivity index (χ3v) is 8.42. The summed E-state index contributed by atoms with van der Waals surface area (Å²) in [5, 5.41) is 14.7. The molecule has 3 aliphatic rings. The largest absolute Gasteiger partial charge is 0.381 e. The molecule has 2 aromatic rings. The molecule has 0 spiro atoms. The van der Waals surface area contributed by atoms with Gasteiger partial charge in [0.25, 0.3) is 11.8 Å². The standard InChI is InChI=1S/C29H40N6O4/c1-20-7-5-9-23(21(20)2)31-11-13-32(14-12-31)25(36)19-35-24-10-6-8-22(24)26(30-35)27(37)33-15-17-34(18-16-33)28(38)29(3,4)39/h5,7,9,39H,6,8,10-19H2,1-4H3. The third-order valence-electron chi connectivity index (χ3n) is 8.42. The van der Waals surface area contributed by atoms with Crippen molar-refractivity contribution in [3.8, 4) is 0 Å². The van der Waals surface area contributed by atoms with Crippen LogP contribution in [-0.4, -0.2) is 105 Å². The number of nitrogens with zero attached hydrogens (tertiary/aromatic N) is 6. The fourth-order valence-electron chi connectivity index (χ4n) is 5.96. The smallest absolute Gasteiger partial charge is 0.274 e. The Kier molecular flexibility index (Phi) is 7.41. The summed E-state index contributed by atoms with van der Waals surface area (Å²) in [5.74, 6) is -0.435. The van der Waals surface area contributed by atoms with E-state index >= 15 is 0 Å². The fourth-order valence-corrected chi connectivity index (χ4v) is 5.96. The van der Waals surface area contributed by atoms with Crippen LogP contribution in [0, 0.1) is 13.8 Å². The first-order chi connectivity index (χ1) is 18.5. The second kappa shape index (κ2) is 10.6. The van der Waals surface area contributed by atoms with Crippen LogP contribution in [0.5, 0.6) is 0 Å². The molecule has 3 heterocycles. The average Bonchev–Trinajstić information content (AvgIpc) is 3.53. The van der Waals surface area contributed by atoms with Gasteiger partial charge < -0.3 is 24.7 Å². The number of hydrogen-bond acceptors (Lipinski definition) is 6. The number of aryl methyl sites for hydroxylation is 1. The summed E-state index contributed by atoms with van der Waals surface area (Å²) >= 11 is 0. The highest BCUT2D eigenvalue weighted by atomic mass is 16.3. The molecule has 39 heavy (non-hydrogen) atoms. The lowest BCUT2D eigenvalue weighted by Gasteiger charge is -2.37. The van der Waals surface area contributed by atoms with Crippen LogP contribution in [0.2, 0.25) is 0 Å². The van der Waals surface area contributed by atoms with Crippen LogP contribution in [-0.2, 0) is 29.0 Å². The van der Waals surface area contributed by atoms with Gasteiger partial charge in [-0.25, -0.2) is 0 Å². The molecule has 0 bridgehead atoms. The summed E-state index contributed by atoms with van der Waals surface area (Å²) in [6.45, 7) is 11.8. The second-order valence-electron chi connectivity index (χ2n) is 11.5.